The van der Waals surface area contributed by atoms with Gasteiger partial charge in [0.2, 0.25) is 0 Å². The van der Waals surface area contributed by atoms with Crippen LogP contribution in [-0.2, 0) is 4.79 Å². The van der Waals surface area contributed by atoms with Crippen LogP contribution in [0.5, 0.6) is 0 Å². The molecular formula is C18H16ClN3OS. The number of nitrogens with two attached hydrogens (primary N) is 1. The Bertz CT molecular complexity index is 878. The number of hydrogen-bond donors (Lipinski definition) is 2. The number of carbonyl (C=O) groups is 1. The van der Waals surface area contributed by atoms with Crippen LogP contribution in [0.3, 0.4) is 0 Å². The van der Waals surface area contributed by atoms with Gasteiger partial charge in [-0.2, -0.15) is 0 Å². The van der Waals surface area contributed by atoms with E-state index in [9.17, 15) is 4.79 Å². The summed E-state index contributed by atoms with van der Waals surface area (Å²) in [6.07, 6.45) is 2.55. The second-order valence-electron chi connectivity index (χ2n) is 5.45. The van der Waals surface area contributed by atoms with Crippen LogP contribution in [0.1, 0.15) is 18.4 Å². The van der Waals surface area contributed by atoms with Gasteiger partial charge in [0, 0.05) is 17.2 Å². The molecule has 3 rings (SSSR count). The summed E-state index contributed by atoms with van der Waals surface area (Å²) in [7, 11) is 0. The fourth-order valence-electron chi connectivity index (χ4n) is 2.33. The molecule has 1 unspecified atom stereocenters. The quantitative estimate of drug-likeness (QED) is 0.493. The monoisotopic (exact) mass is 357 g/mol. The van der Waals surface area contributed by atoms with E-state index >= 15 is 0 Å². The molecule has 0 aliphatic carbocycles. The van der Waals surface area contributed by atoms with Gasteiger partial charge in [-0.05, 0) is 29.8 Å². The smallest absolute Gasteiger partial charge is 0.127 e. The molecule has 3 N–H and O–H groups in total. The lowest BCUT2D eigenvalue weighted by atomic mass is 10.0. The maximum absolute atomic E-state index is 10.9. The van der Waals surface area contributed by atoms with E-state index in [0.29, 0.717) is 10.0 Å². The summed E-state index contributed by atoms with van der Waals surface area (Å²) in [4.78, 5) is 15.2. The number of rotatable bonds is 5. The SMILES string of the molecule is CC(C=O)c1ccc(Nc2cccc(-c3ncc(Cl)s3)c2)c(N)c1. The first kappa shape index (κ1) is 16.5. The highest BCUT2D eigenvalue weighted by atomic mass is 35.5. The predicted molar refractivity (Wildman–Crippen MR) is 101 cm³/mol. The number of hydrogen-bond acceptors (Lipinski definition) is 5. The van der Waals surface area contributed by atoms with Crippen molar-refractivity contribution in [2.24, 2.45) is 0 Å². The van der Waals surface area contributed by atoms with E-state index in [-0.39, 0.29) is 5.92 Å². The van der Waals surface area contributed by atoms with E-state index in [4.69, 9.17) is 17.3 Å². The fraction of sp³-hybridized carbons (Fsp3) is 0.111. The molecule has 6 heteroatoms. The summed E-state index contributed by atoms with van der Waals surface area (Å²) in [5.41, 5.74) is 10.3. The van der Waals surface area contributed by atoms with Crippen molar-refractivity contribution >= 4 is 46.3 Å². The molecule has 0 saturated heterocycles. The zero-order chi connectivity index (χ0) is 17.1. The zero-order valence-corrected chi connectivity index (χ0v) is 14.6. The van der Waals surface area contributed by atoms with Crippen LogP contribution in [-0.4, -0.2) is 11.3 Å². The van der Waals surface area contributed by atoms with Gasteiger partial charge in [0.15, 0.2) is 0 Å². The van der Waals surface area contributed by atoms with Crippen LogP contribution in [0.2, 0.25) is 4.34 Å². The number of aldehydes is 1. The number of nitrogen functional groups attached to an aromatic ring is 1. The maximum Gasteiger partial charge on any atom is 0.127 e. The van der Waals surface area contributed by atoms with Crippen molar-refractivity contribution in [3.05, 3.63) is 58.6 Å². The van der Waals surface area contributed by atoms with Crippen molar-refractivity contribution in [2.75, 3.05) is 11.1 Å². The molecule has 0 amide bonds. The minimum Gasteiger partial charge on any atom is -0.397 e. The van der Waals surface area contributed by atoms with Crippen LogP contribution >= 0.6 is 22.9 Å². The molecule has 0 fully saturated rings. The topological polar surface area (TPSA) is 68.0 Å². The minimum atomic E-state index is -0.167. The second-order valence-corrected chi connectivity index (χ2v) is 7.11. The summed E-state index contributed by atoms with van der Waals surface area (Å²) in [6, 6.07) is 13.5. The van der Waals surface area contributed by atoms with E-state index in [1.807, 2.05) is 49.4 Å². The van der Waals surface area contributed by atoms with Crippen LogP contribution in [0, 0.1) is 0 Å². The Morgan fingerprint density at radius 2 is 2.12 bits per heavy atom. The lowest BCUT2D eigenvalue weighted by molar-refractivity contribution is -0.108. The highest BCUT2D eigenvalue weighted by molar-refractivity contribution is 7.18. The molecule has 0 aliphatic heterocycles. The number of carbonyl (C=O) groups excluding carboxylic acids is 1. The maximum atomic E-state index is 10.9. The Balaban J connectivity index is 1.85. The molecule has 1 aromatic heterocycles. The fourth-order valence-corrected chi connectivity index (χ4v) is 3.24. The van der Waals surface area contributed by atoms with Gasteiger partial charge in [0.05, 0.1) is 17.6 Å². The molecular weight excluding hydrogens is 342 g/mol. The number of aromatic nitrogens is 1. The largest absolute Gasteiger partial charge is 0.397 e. The third kappa shape index (κ3) is 3.58. The van der Waals surface area contributed by atoms with Gasteiger partial charge < -0.3 is 15.8 Å². The third-order valence-corrected chi connectivity index (χ3v) is 4.84. The van der Waals surface area contributed by atoms with Gasteiger partial charge in [-0.3, -0.25) is 0 Å². The second kappa shape index (κ2) is 7.03. The Morgan fingerprint density at radius 3 is 2.79 bits per heavy atom. The van der Waals surface area contributed by atoms with Gasteiger partial charge in [0.1, 0.15) is 15.6 Å². The molecule has 1 heterocycles. The zero-order valence-electron chi connectivity index (χ0n) is 13.0. The first-order chi connectivity index (χ1) is 11.6. The normalized spacial score (nSPS) is 11.9. The molecule has 3 aromatic rings. The van der Waals surface area contributed by atoms with Crippen LogP contribution in [0.4, 0.5) is 17.1 Å². The van der Waals surface area contributed by atoms with Gasteiger partial charge in [-0.15, -0.1) is 11.3 Å². The van der Waals surface area contributed by atoms with Crippen molar-refractivity contribution < 1.29 is 4.79 Å². The number of anilines is 3. The molecule has 2 aromatic carbocycles. The molecule has 4 nitrogen and oxygen atoms in total. The van der Waals surface area contributed by atoms with E-state index in [1.165, 1.54) is 11.3 Å². The molecule has 1 atom stereocenters. The van der Waals surface area contributed by atoms with Crippen molar-refractivity contribution in [3.63, 3.8) is 0 Å². The van der Waals surface area contributed by atoms with E-state index in [1.54, 1.807) is 6.20 Å². The molecule has 0 aliphatic rings. The Kier molecular flexibility index (Phi) is 4.83. The van der Waals surface area contributed by atoms with Gasteiger partial charge in [-0.1, -0.05) is 36.7 Å². The Labute approximate surface area is 149 Å². The predicted octanol–water partition coefficient (Wildman–Crippen LogP) is 5.09. The number of halogens is 1. The standard InChI is InChI=1S/C18H16ClN3OS/c1-11(10-23)12-5-6-16(15(20)8-12)22-14-4-2-3-13(7-14)18-21-9-17(19)24-18/h2-11,22H,20H2,1H3. The Hall–Kier alpha value is -2.37. The summed E-state index contributed by atoms with van der Waals surface area (Å²) in [5, 5.41) is 4.17. The summed E-state index contributed by atoms with van der Waals surface area (Å²) in [6.45, 7) is 1.84. The van der Waals surface area contributed by atoms with E-state index < -0.39 is 0 Å². The Morgan fingerprint density at radius 1 is 1.29 bits per heavy atom. The van der Waals surface area contributed by atoms with Crippen molar-refractivity contribution in [1.29, 1.82) is 0 Å². The van der Waals surface area contributed by atoms with E-state index in [2.05, 4.69) is 10.3 Å². The van der Waals surface area contributed by atoms with Crippen LogP contribution in [0.25, 0.3) is 10.6 Å². The van der Waals surface area contributed by atoms with Gasteiger partial charge in [-0.25, -0.2) is 4.98 Å². The highest BCUT2D eigenvalue weighted by Crippen LogP contribution is 2.31. The number of nitrogens with zero attached hydrogens (tertiary/aromatic N) is 1. The first-order valence-electron chi connectivity index (χ1n) is 7.40. The highest BCUT2D eigenvalue weighted by Gasteiger charge is 2.08. The molecule has 0 radical (unpaired) electrons. The lowest BCUT2D eigenvalue weighted by Crippen LogP contribution is -2.00. The number of thiazole rings is 1. The van der Waals surface area contributed by atoms with Crippen molar-refractivity contribution in [3.8, 4) is 10.6 Å². The molecule has 0 spiro atoms. The van der Waals surface area contributed by atoms with Gasteiger partial charge >= 0.3 is 0 Å². The van der Waals surface area contributed by atoms with E-state index in [0.717, 1.165) is 33.8 Å². The third-order valence-electron chi connectivity index (χ3n) is 3.67. The first-order valence-corrected chi connectivity index (χ1v) is 8.60. The molecule has 24 heavy (non-hydrogen) atoms. The molecule has 0 saturated carbocycles. The summed E-state index contributed by atoms with van der Waals surface area (Å²) < 4.78 is 0.660. The number of benzene rings is 2. The summed E-state index contributed by atoms with van der Waals surface area (Å²) >= 11 is 7.39. The average Bonchev–Trinajstić information content (AvgIpc) is 3.03. The van der Waals surface area contributed by atoms with Crippen molar-refractivity contribution in [2.45, 2.75) is 12.8 Å². The summed E-state index contributed by atoms with van der Waals surface area (Å²) in [5.74, 6) is -0.167. The van der Waals surface area contributed by atoms with Crippen LogP contribution in [0.15, 0.2) is 48.7 Å². The number of nitrogens with one attached hydrogen (secondary N) is 1. The molecule has 0 bridgehead atoms. The molecule has 122 valence electrons. The minimum absolute atomic E-state index is 0.167. The van der Waals surface area contributed by atoms with Gasteiger partial charge in [0.25, 0.3) is 0 Å². The van der Waals surface area contributed by atoms with Crippen molar-refractivity contribution in [1.82, 2.24) is 4.98 Å². The lowest BCUT2D eigenvalue weighted by Gasteiger charge is -2.13. The average molecular weight is 358 g/mol. The van der Waals surface area contributed by atoms with Crippen LogP contribution < -0.4 is 11.1 Å².